The van der Waals surface area contributed by atoms with Crippen LogP contribution >= 0.6 is 28.7 Å². The van der Waals surface area contributed by atoms with E-state index in [-0.39, 0.29) is 29.3 Å². The van der Waals surface area contributed by atoms with Gasteiger partial charge in [-0.05, 0) is 42.0 Å². The van der Waals surface area contributed by atoms with E-state index in [0.29, 0.717) is 6.61 Å². The maximum absolute atomic E-state index is 13.0. The normalized spacial score (nSPS) is 12.6. The molecule has 0 saturated carbocycles. The molecule has 2 aromatic rings. The summed E-state index contributed by atoms with van der Waals surface area (Å²) in [4.78, 5) is 16.6. The Morgan fingerprint density at radius 1 is 0.927 bits per heavy atom. The molecule has 1 N–H and O–H groups in total. The third kappa shape index (κ3) is 14.1. The summed E-state index contributed by atoms with van der Waals surface area (Å²) < 4.78 is 11.6. The standard InChI is InChI=1S/C34H50N2O3S.BrH/c1-4-5-6-7-8-9-10-11-12-13-14-15-21-39-33-24-32(38-3)20-19-30(33)23-34(37)35-31-18-16-17-29(22-31)26-36-25-28(2)40-27-36;/h16-20,22,24-25H,4-15,21,23,26-27H2,1-3H3,(H,35,37);1H. The molecule has 0 fully saturated rings. The monoisotopic (exact) mass is 646 g/mol. The molecule has 0 spiro atoms. The van der Waals surface area contributed by atoms with Crippen LogP contribution < -0.4 is 14.8 Å². The number of amides is 1. The number of thioether (sulfide) groups is 1. The Morgan fingerprint density at radius 2 is 1.61 bits per heavy atom. The summed E-state index contributed by atoms with van der Waals surface area (Å²) >= 11 is 1.86. The molecular weight excluding hydrogens is 596 g/mol. The van der Waals surface area contributed by atoms with Gasteiger partial charge < -0.3 is 19.7 Å². The van der Waals surface area contributed by atoms with Crippen molar-refractivity contribution < 1.29 is 14.3 Å². The Labute approximate surface area is 263 Å². The number of hydrogen-bond donors (Lipinski definition) is 1. The van der Waals surface area contributed by atoms with Crippen LogP contribution in [0, 0.1) is 0 Å². The Morgan fingerprint density at radius 3 is 2.24 bits per heavy atom. The van der Waals surface area contributed by atoms with E-state index >= 15 is 0 Å². The van der Waals surface area contributed by atoms with Gasteiger partial charge in [0.2, 0.25) is 5.91 Å². The fourth-order valence-electron chi connectivity index (χ4n) is 5.04. The molecule has 0 bridgehead atoms. The number of ether oxygens (including phenoxy) is 2. The lowest BCUT2D eigenvalue weighted by atomic mass is 10.1. The summed E-state index contributed by atoms with van der Waals surface area (Å²) in [5.74, 6) is 2.40. The largest absolute Gasteiger partial charge is 0.497 e. The van der Waals surface area contributed by atoms with Crippen LogP contribution in [0.4, 0.5) is 5.69 Å². The maximum Gasteiger partial charge on any atom is 0.228 e. The topological polar surface area (TPSA) is 50.8 Å². The minimum Gasteiger partial charge on any atom is -0.497 e. The van der Waals surface area contributed by atoms with Crippen molar-refractivity contribution >= 4 is 40.3 Å². The minimum absolute atomic E-state index is 0. The maximum atomic E-state index is 13.0. The first-order valence-corrected chi connectivity index (χ1v) is 16.3. The number of unbranched alkanes of at least 4 members (excludes halogenated alkanes) is 11. The first-order valence-electron chi connectivity index (χ1n) is 15.3. The predicted molar refractivity (Wildman–Crippen MR) is 180 cm³/mol. The SMILES string of the molecule is Br.CCCCCCCCCCCCCCOc1cc(OC)ccc1CC(=O)Nc1cccc(CN2C=C(C)SC2)c1. The van der Waals surface area contributed by atoms with Gasteiger partial charge in [0.15, 0.2) is 0 Å². The third-order valence-corrected chi connectivity index (χ3v) is 8.32. The molecule has 1 amide bonds. The zero-order chi connectivity index (χ0) is 28.4. The highest BCUT2D eigenvalue weighted by atomic mass is 79.9. The molecule has 0 atom stereocenters. The van der Waals surface area contributed by atoms with E-state index in [0.717, 1.165) is 41.6 Å². The number of halogens is 1. The molecule has 41 heavy (non-hydrogen) atoms. The molecule has 0 radical (unpaired) electrons. The van der Waals surface area contributed by atoms with Crippen molar-refractivity contribution in [2.45, 2.75) is 104 Å². The van der Waals surface area contributed by atoms with Gasteiger partial charge in [-0.3, -0.25) is 4.79 Å². The van der Waals surface area contributed by atoms with Crippen molar-refractivity contribution in [3.8, 4) is 11.5 Å². The second-order valence-corrected chi connectivity index (χ2v) is 12.1. The molecule has 0 aromatic heterocycles. The van der Waals surface area contributed by atoms with Crippen LogP contribution in [0.5, 0.6) is 11.5 Å². The van der Waals surface area contributed by atoms with E-state index in [1.165, 1.54) is 81.1 Å². The number of nitrogens with zero attached hydrogens (tertiary/aromatic N) is 1. The molecule has 1 aliphatic rings. The van der Waals surface area contributed by atoms with Gasteiger partial charge in [-0.25, -0.2) is 0 Å². The van der Waals surface area contributed by atoms with Gasteiger partial charge in [0.25, 0.3) is 0 Å². The van der Waals surface area contributed by atoms with Crippen LogP contribution in [-0.4, -0.2) is 30.4 Å². The first kappa shape index (κ1) is 35.1. The summed E-state index contributed by atoms with van der Waals surface area (Å²) in [7, 11) is 1.65. The lowest BCUT2D eigenvalue weighted by molar-refractivity contribution is -0.115. The highest BCUT2D eigenvalue weighted by Crippen LogP contribution is 2.28. The number of nitrogens with one attached hydrogen (secondary N) is 1. The van der Waals surface area contributed by atoms with Crippen LogP contribution in [-0.2, 0) is 17.8 Å². The molecule has 7 heteroatoms. The fourth-order valence-corrected chi connectivity index (χ4v) is 5.79. The molecule has 5 nitrogen and oxygen atoms in total. The van der Waals surface area contributed by atoms with Gasteiger partial charge >= 0.3 is 0 Å². The summed E-state index contributed by atoms with van der Waals surface area (Å²) in [6, 6.07) is 13.8. The summed E-state index contributed by atoms with van der Waals surface area (Å²) in [5, 5.41) is 3.07. The van der Waals surface area contributed by atoms with Crippen LogP contribution in [0.15, 0.2) is 53.6 Å². The van der Waals surface area contributed by atoms with Gasteiger partial charge in [0.05, 0.1) is 26.0 Å². The van der Waals surface area contributed by atoms with Crippen molar-refractivity contribution in [1.82, 2.24) is 4.90 Å². The molecule has 0 unspecified atom stereocenters. The van der Waals surface area contributed by atoms with E-state index in [1.807, 2.05) is 42.1 Å². The minimum atomic E-state index is -0.0509. The molecular formula is C34H51BrN2O3S. The molecule has 0 aliphatic carbocycles. The molecule has 228 valence electrons. The highest BCUT2D eigenvalue weighted by Gasteiger charge is 2.13. The number of methoxy groups -OCH3 is 1. The predicted octanol–water partition coefficient (Wildman–Crippen LogP) is 9.90. The number of allylic oxidation sites excluding steroid dienone is 1. The Bertz CT molecular complexity index is 1060. The van der Waals surface area contributed by atoms with E-state index in [1.54, 1.807) is 7.11 Å². The Kier molecular flexibility index (Phi) is 17.7. The number of carbonyl (C=O) groups excluding carboxylic acids is 1. The van der Waals surface area contributed by atoms with Gasteiger partial charge in [0, 0.05) is 30.1 Å². The number of benzene rings is 2. The average Bonchev–Trinajstić information content (AvgIpc) is 3.36. The number of anilines is 1. The number of hydrogen-bond acceptors (Lipinski definition) is 5. The van der Waals surface area contributed by atoms with Crippen molar-refractivity contribution in [3.63, 3.8) is 0 Å². The fraction of sp³-hybridized carbons (Fsp3) is 0.559. The van der Waals surface area contributed by atoms with E-state index in [9.17, 15) is 4.79 Å². The average molecular weight is 648 g/mol. The van der Waals surface area contributed by atoms with Gasteiger partial charge in [-0.15, -0.1) is 28.7 Å². The summed E-state index contributed by atoms with van der Waals surface area (Å²) in [6.07, 6.45) is 18.3. The van der Waals surface area contributed by atoms with Crippen LogP contribution in [0.25, 0.3) is 0 Å². The van der Waals surface area contributed by atoms with Crippen LogP contribution in [0.2, 0.25) is 0 Å². The zero-order valence-electron chi connectivity index (χ0n) is 25.4. The second kappa shape index (κ2) is 20.7. The van der Waals surface area contributed by atoms with E-state index in [4.69, 9.17) is 9.47 Å². The zero-order valence-corrected chi connectivity index (χ0v) is 28.0. The lowest BCUT2D eigenvalue weighted by Crippen LogP contribution is -2.16. The van der Waals surface area contributed by atoms with E-state index < -0.39 is 0 Å². The Balaban J connectivity index is 0.00000588. The second-order valence-electron chi connectivity index (χ2n) is 10.9. The van der Waals surface area contributed by atoms with Crippen molar-refractivity contribution in [3.05, 3.63) is 64.7 Å². The first-order chi connectivity index (χ1) is 19.6. The van der Waals surface area contributed by atoms with Crippen molar-refractivity contribution in [1.29, 1.82) is 0 Å². The summed E-state index contributed by atoms with van der Waals surface area (Å²) in [6.45, 7) is 5.90. The quantitative estimate of drug-likeness (QED) is 0.145. The van der Waals surface area contributed by atoms with E-state index in [2.05, 4.69) is 42.4 Å². The van der Waals surface area contributed by atoms with Crippen molar-refractivity contribution in [2.24, 2.45) is 0 Å². The van der Waals surface area contributed by atoms with Gasteiger partial charge in [0.1, 0.15) is 11.5 Å². The molecule has 2 aromatic carbocycles. The van der Waals surface area contributed by atoms with Crippen molar-refractivity contribution in [2.75, 3.05) is 24.9 Å². The molecule has 0 saturated heterocycles. The molecule has 1 heterocycles. The number of rotatable bonds is 20. The molecule has 3 rings (SSSR count). The number of carbonyl (C=O) groups is 1. The van der Waals surface area contributed by atoms with Gasteiger partial charge in [-0.1, -0.05) is 95.8 Å². The lowest BCUT2D eigenvalue weighted by Gasteiger charge is -2.16. The third-order valence-electron chi connectivity index (χ3n) is 7.30. The smallest absolute Gasteiger partial charge is 0.228 e. The van der Waals surface area contributed by atoms with Crippen LogP contribution in [0.1, 0.15) is 102 Å². The molecule has 1 aliphatic heterocycles. The van der Waals surface area contributed by atoms with Crippen LogP contribution in [0.3, 0.4) is 0 Å². The van der Waals surface area contributed by atoms with Gasteiger partial charge in [-0.2, -0.15) is 0 Å². The Hall–Kier alpha value is -2.12. The summed E-state index contributed by atoms with van der Waals surface area (Å²) in [5.41, 5.74) is 2.88. The highest BCUT2D eigenvalue weighted by molar-refractivity contribution is 8.93.